The standard InChI is InChI=1S/C33H52O5/c1-20(2)22-11-16-32(28(36)37-8)17-18-33(19-34)23(27(22)32)9-10-25-30(6)14-13-26(38-21(3)35)29(4,5)24(30)12-15-31(25,33)7/h22-27,34H,1,9-19H2,2-8H3/t22-,23+,24-,25+,26+,27-,30-,31+,32-,33-/m0/s1. The first-order valence-corrected chi connectivity index (χ1v) is 15.3. The molecule has 0 aliphatic heterocycles. The summed E-state index contributed by atoms with van der Waals surface area (Å²) in [5.74, 6) is 1.59. The van der Waals surface area contributed by atoms with E-state index in [1.165, 1.54) is 12.5 Å². The lowest BCUT2D eigenvalue weighted by Crippen LogP contribution is -2.68. The summed E-state index contributed by atoms with van der Waals surface area (Å²) in [6, 6.07) is 0. The molecule has 214 valence electrons. The second-order valence-electron chi connectivity index (χ2n) is 15.2. The van der Waals surface area contributed by atoms with E-state index in [1.54, 1.807) is 7.11 Å². The molecule has 0 aromatic rings. The smallest absolute Gasteiger partial charge is 0.312 e. The molecule has 0 spiro atoms. The van der Waals surface area contributed by atoms with Crippen LogP contribution in [0, 0.1) is 56.7 Å². The molecule has 5 aliphatic rings. The average Bonchev–Trinajstić information content (AvgIpc) is 3.26. The maximum absolute atomic E-state index is 13.4. The van der Waals surface area contributed by atoms with Crippen LogP contribution in [0.4, 0.5) is 0 Å². The number of hydrogen-bond donors (Lipinski definition) is 1. The molecule has 0 radical (unpaired) electrons. The summed E-state index contributed by atoms with van der Waals surface area (Å²) in [7, 11) is 1.55. The van der Waals surface area contributed by atoms with Gasteiger partial charge in [0.05, 0.1) is 12.5 Å². The van der Waals surface area contributed by atoms with Crippen LogP contribution < -0.4 is 0 Å². The van der Waals surface area contributed by atoms with Crippen LogP contribution in [-0.4, -0.2) is 36.9 Å². The number of carbonyl (C=O) groups excluding carboxylic acids is 2. The van der Waals surface area contributed by atoms with E-state index in [9.17, 15) is 14.7 Å². The molecule has 5 heteroatoms. The average molecular weight is 529 g/mol. The lowest BCUT2D eigenvalue weighted by molar-refractivity contribution is -0.263. The van der Waals surface area contributed by atoms with Crippen molar-refractivity contribution >= 4 is 11.9 Å². The number of allylic oxidation sites excluding steroid dienone is 1. The first-order chi connectivity index (χ1) is 17.7. The molecule has 1 N–H and O–H groups in total. The number of rotatable bonds is 4. The van der Waals surface area contributed by atoms with E-state index in [0.717, 1.165) is 64.2 Å². The Labute approximate surface area is 230 Å². The van der Waals surface area contributed by atoms with Gasteiger partial charge in [-0.3, -0.25) is 9.59 Å². The number of fused-ring (bicyclic) bond motifs is 7. The maximum Gasteiger partial charge on any atom is 0.312 e. The molecule has 0 heterocycles. The molecule has 10 atom stereocenters. The van der Waals surface area contributed by atoms with Crippen molar-refractivity contribution in [1.29, 1.82) is 0 Å². The van der Waals surface area contributed by atoms with Crippen LogP contribution in [0.1, 0.15) is 106 Å². The first-order valence-electron chi connectivity index (χ1n) is 15.3. The highest BCUT2D eigenvalue weighted by Gasteiger charge is 2.73. The van der Waals surface area contributed by atoms with Gasteiger partial charge in [0.15, 0.2) is 0 Å². The highest BCUT2D eigenvalue weighted by Crippen LogP contribution is 2.77. The Balaban J connectivity index is 1.55. The van der Waals surface area contributed by atoms with E-state index in [0.29, 0.717) is 23.7 Å². The second kappa shape index (κ2) is 9.08. The molecule has 0 saturated heterocycles. The zero-order valence-corrected chi connectivity index (χ0v) is 25.0. The van der Waals surface area contributed by atoms with Crippen molar-refractivity contribution in [3.05, 3.63) is 12.2 Å². The summed E-state index contributed by atoms with van der Waals surface area (Å²) >= 11 is 0. The second-order valence-corrected chi connectivity index (χ2v) is 15.2. The third-order valence-corrected chi connectivity index (χ3v) is 13.8. The Hall–Kier alpha value is -1.36. The van der Waals surface area contributed by atoms with Crippen molar-refractivity contribution < 1.29 is 24.2 Å². The number of methoxy groups -OCH3 is 1. The molecule has 38 heavy (non-hydrogen) atoms. The topological polar surface area (TPSA) is 72.8 Å². The van der Waals surface area contributed by atoms with Gasteiger partial charge in [-0.15, -0.1) is 0 Å². The number of aliphatic hydroxyl groups excluding tert-OH is 1. The third kappa shape index (κ3) is 3.45. The fraction of sp³-hybridized carbons (Fsp3) is 0.879. The molecular formula is C33H52O5. The summed E-state index contributed by atoms with van der Waals surface area (Å²) in [5, 5.41) is 11.4. The lowest BCUT2D eigenvalue weighted by atomic mass is 9.32. The van der Waals surface area contributed by atoms with Gasteiger partial charge in [0, 0.05) is 24.4 Å². The zero-order valence-electron chi connectivity index (χ0n) is 25.0. The summed E-state index contributed by atoms with van der Waals surface area (Å²) in [6.45, 7) is 17.9. The van der Waals surface area contributed by atoms with Crippen LogP contribution in [0.15, 0.2) is 12.2 Å². The SMILES string of the molecule is C=C(C)[C@@H]1CC[C@]2(C(=O)OC)CC[C@]3(CO)[C@H](CC[C@@H]4[C@@]5(C)CC[C@@H](OC(C)=O)C(C)(C)[C@@H]5CC[C@]43C)[C@H]12. The minimum absolute atomic E-state index is 0.00472. The van der Waals surface area contributed by atoms with Gasteiger partial charge >= 0.3 is 11.9 Å². The van der Waals surface area contributed by atoms with Crippen LogP contribution in [0.2, 0.25) is 0 Å². The van der Waals surface area contributed by atoms with E-state index in [4.69, 9.17) is 9.47 Å². The van der Waals surface area contributed by atoms with E-state index < -0.39 is 5.41 Å². The van der Waals surface area contributed by atoms with Crippen LogP contribution in [0.5, 0.6) is 0 Å². The Bertz CT molecular complexity index is 1000. The van der Waals surface area contributed by atoms with Gasteiger partial charge in [0.25, 0.3) is 0 Å². The van der Waals surface area contributed by atoms with E-state index in [2.05, 4.69) is 41.2 Å². The molecule has 0 bridgehead atoms. The highest BCUT2D eigenvalue weighted by atomic mass is 16.5. The van der Waals surface area contributed by atoms with E-state index in [1.807, 2.05) is 0 Å². The Morgan fingerprint density at radius 3 is 2.21 bits per heavy atom. The third-order valence-electron chi connectivity index (χ3n) is 13.8. The van der Waals surface area contributed by atoms with Crippen molar-refractivity contribution in [2.24, 2.45) is 56.7 Å². The van der Waals surface area contributed by atoms with Gasteiger partial charge in [-0.05, 0) is 112 Å². The van der Waals surface area contributed by atoms with Crippen LogP contribution in [-0.2, 0) is 19.1 Å². The minimum atomic E-state index is -0.434. The summed E-state index contributed by atoms with van der Waals surface area (Å²) in [6.07, 6.45) is 9.91. The van der Waals surface area contributed by atoms with Crippen molar-refractivity contribution in [2.75, 3.05) is 13.7 Å². The predicted molar refractivity (Wildman–Crippen MR) is 148 cm³/mol. The highest BCUT2D eigenvalue weighted by molar-refractivity contribution is 5.78. The number of hydrogen-bond acceptors (Lipinski definition) is 5. The maximum atomic E-state index is 13.4. The molecule has 0 aromatic heterocycles. The molecule has 0 amide bonds. The van der Waals surface area contributed by atoms with E-state index in [-0.39, 0.29) is 52.2 Å². The van der Waals surface area contributed by atoms with Gasteiger partial charge in [-0.2, -0.15) is 0 Å². The molecular weight excluding hydrogens is 476 g/mol. The van der Waals surface area contributed by atoms with Crippen LogP contribution >= 0.6 is 0 Å². The number of ether oxygens (including phenoxy) is 2. The van der Waals surface area contributed by atoms with Crippen molar-refractivity contribution in [3.8, 4) is 0 Å². The Morgan fingerprint density at radius 2 is 1.61 bits per heavy atom. The van der Waals surface area contributed by atoms with Crippen LogP contribution in [0.3, 0.4) is 0 Å². The molecule has 0 aromatic carbocycles. The van der Waals surface area contributed by atoms with Crippen molar-refractivity contribution in [1.82, 2.24) is 0 Å². The van der Waals surface area contributed by atoms with E-state index >= 15 is 0 Å². The molecule has 5 aliphatic carbocycles. The quantitative estimate of drug-likeness (QED) is 0.324. The summed E-state index contributed by atoms with van der Waals surface area (Å²) in [5.41, 5.74) is 0.623. The predicted octanol–water partition coefficient (Wildman–Crippen LogP) is 6.72. The van der Waals surface area contributed by atoms with Crippen molar-refractivity contribution in [3.63, 3.8) is 0 Å². The first kappa shape index (κ1) is 28.2. The zero-order chi connectivity index (χ0) is 27.9. The van der Waals surface area contributed by atoms with Gasteiger partial charge in [-0.25, -0.2) is 0 Å². The lowest BCUT2D eigenvalue weighted by Gasteiger charge is -2.73. The molecule has 0 unspecified atom stereocenters. The summed E-state index contributed by atoms with van der Waals surface area (Å²) in [4.78, 5) is 25.4. The largest absolute Gasteiger partial charge is 0.469 e. The van der Waals surface area contributed by atoms with Gasteiger partial charge < -0.3 is 14.6 Å². The Kier molecular flexibility index (Phi) is 6.73. The van der Waals surface area contributed by atoms with Gasteiger partial charge in [-0.1, -0.05) is 39.8 Å². The normalized spacial score (nSPS) is 49.1. The fourth-order valence-electron chi connectivity index (χ4n) is 12.2. The molecule has 5 rings (SSSR count). The number of aliphatic hydroxyl groups is 1. The Morgan fingerprint density at radius 1 is 0.895 bits per heavy atom. The van der Waals surface area contributed by atoms with Crippen molar-refractivity contribution in [2.45, 2.75) is 112 Å². The van der Waals surface area contributed by atoms with Gasteiger partial charge in [0.1, 0.15) is 6.10 Å². The molecule has 5 nitrogen and oxygen atoms in total. The molecule has 5 saturated carbocycles. The summed E-state index contributed by atoms with van der Waals surface area (Å²) < 4.78 is 11.4. The minimum Gasteiger partial charge on any atom is -0.469 e. The number of carbonyl (C=O) groups is 2. The fourth-order valence-corrected chi connectivity index (χ4v) is 12.2. The van der Waals surface area contributed by atoms with Crippen LogP contribution in [0.25, 0.3) is 0 Å². The number of esters is 2. The monoisotopic (exact) mass is 528 g/mol. The molecule has 5 fully saturated rings. The van der Waals surface area contributed by atoms with Gasteiger partial charge in [0.2, 0.25) is 0 Å².